The van der Waals surface area contributed by atoms with Crippen LogP contribution in [0.2, 0.25) is 0 Å². The van der Waals surface area contributed by atoms with Gasteiger partial charge in [-0.3, -0.25) is 4.79 Å². The molecule has 2 atom stereocenters. The SMILES string of the molecule is CNCCCNC(=O)C1CC=CCC1c1nc2ccccc2s1. The first kappa shape index (κ1) is 16.1. The van der Waals surface area contributed by atoms with Gasteiger partial charge in [-0.15, -0.1) is 11.3 Å². The van der Waals surface area contributed by atoms with Gasteiger partial charge in [-0.2, -0.15) is 0 Å². The molecule has 4 nitrogen and oxygen atoms in total. The molecule has 23 heavy (non-hydrogen) atoms. The molecule has 1 aliphatic carbocycles. The molecule has 3 rings (SSSR count). The third-order valence-corrected chi connectivity index (χ3v) is 5.47. The second-order valence-electron chi connectivity index (χ2n) is 5.92. The van der Waals surface area contributed by atoms with Crippen LogP contribution in [0.5, 0.6) is 0 Å². The van der Waals surface area contributed by atoms with Crippen LogP contribution in [-0.2, 0) is 4.79 Å². The van der Waals surface area contributed by atoms with Crippen molar-refractivity contribution in [2.24, 2.45) is 5.92 Å². The number of fused-ring (bicyclic) bond motifs is 1. The van der Waals surface area contributed by atoms with Gasteiger partial charge in [0.2, 0.25) is 5.91 Å². The Morgan fingerprint density at radius 1 is 1.26 bits per heavy atom. The van der Waals surface area contributed by atoms with Crippen LogP contribution in [0.15, 0.2) is 36.4 Å². The van der Waals surface area contributed by atoms with E-state index in [0.29, 0.717) is 0 Å². The number of carbonyl (C=O) groups is 1. The monoisotopic (exact) mass is 329 g/mol. The molecule has 0 radical (unpaired) electrons. The Balaban J connectivity index is 1.73. The number of hydrogen-bond donors (Lipinski definition) is 2. The first-order chi connectivity index (χ1) is 11.3. The van der Waals surface area contributed by atoms with Crippen LogP contribution >= 0.6 is 11.3 Å². The Labute approximate surface area is 141 Å². The average Bonchev–Trinajstić information content (AvgIpc) is 3.02. The molecule has 1 aromatic carbocycles. The summed E-state index contributed by atoms with van der Waals surface area (Å²) in [6.07, 6.45) is 6.96. The van der Waals surface area contributed by atoms with Crippen LogP contribution in [0.3, 0.4) is 0 Å². The van der Waals surface area contributed by atoms with Gasteiger partial charge in [-0.05, 0) is 45.0 Å². The molecule has 0 bridgehead atoms. The minimum absolute atomic E-state index is 0.00449. The minimum atomic E-state index is -0.00449. The topological polar surface area (TPSA) is 54.0 Å². The van der Waals surface area contributed by atoms with Crippen molar-refractivity contribution in [3.05, 3.63) is 41.4 Å². The predicted molar refractivity (Wildman–Crippen MR) is 95.8 cm³/mol. The number of hydrogen-bond acceptors (Lipinski definition) is 4. The average molecular weight is 329 g/mol. The molecule has 1 aromatic heterocycles. The molecule has 0 saturated heterocycles. The zero-order chi connectivity index (χ0) is 16.1. The lowest BCUT2D eigenvalue weighted by Gasteiger charge is -2.26. The highest BCUT2D eigenvalue weighted by Crippen LogP contribution is 2.38. The molecule has 0 fully saturated rings. The van der Waals surface area contributed by atoms with Crippen LogP contribution < -0.4 is 10.6 Å². The van der Waals surface area contributed by atoms with Crippen molar-refractivity contribution in [1.82, 2.24) is 15.6 Å². The smallest absolute Gasteiger partial charge is 0.224 e. The lowest BCUT2D eigenvalue weighted by atomic mass is 9.82. The van der Waals surface area contributed by atoms with E-state index >= 15 is 0 Å². The van der Waals surface area contributed by atoms with Crippen LogP contribution in [0, 0.1) is 5.92 Å². The third-order valence-electron chi connectivity index (χ3n) is 4.30. The highest BCUT2D eigenvalue weighted by Gasteiger charge is 2.32. The number of amides is 1. The normalized spacial score (nSPS) is 20.7. The van der Waals surface area contributed by atoms with Crippen molar-refractivity contribution in [3.8, 4) is 0 Å². The summed E-state index contributed by atoms with van der Waals surface area (Å²) >= 11 is 1.72. The minimum Gasteiger partial charge on any atom is -0.356 e. The van der Waals surface area contributed by atoms with Crippen molar-refractivity contribution in [3.63, 3.8) is 0 Å². The van der Waals surface area contributed by atoms with E-state index in [2.05, 4.69) is 28.9 Å². The highest BCUT2D eigenvalue weighted by atomic mass is 32.1. The molecule has 1 heterocycles. The first-order valence-corrected chi connectivity index (χ1v) is 9.04. The molecule has 2 aromatic rings. The van der Waals surface area contributed by atoms with Gasteiger partial charge in [0.1, 0.15) is 0 Å². The molecule has 1 amide bonds. The molecule has 1 aliphatic rings. The number of para-hydroxylation sites is 1. The number of allylic oxidation sites excluding steroid dienone is 2. The van der Waals surface area contributed by atoms with E-state index in [-0.39, 0.29) is 17.7 Å². The Bertz CT molecular complexity index is 661. The summed E-state index contributed by atoms with van der Waals surface area (Å²) in [5, 5.41) is 7.27. The van der Waals surface area contributed by atoms with Crippen molar-refractivity contribution >= 4 is 27.5 Å². The number of nitrogens with one attached hydrogen (secondary N) is 2. The zero-order valence-corrected chi connectivity index (χ0v) is 14.2. The van der Waals surface area contributed by atoms with E-state index < -0.39 is 0 Å². The third kappa shape index (κ3) is 3.79. The number of carbonyl (C=O) groups excluding carboxylic acids is 1. The van der Waals surface area contributed by atoms with Crippen LogP contribution in [0.1, 0.15) is 30.2 Å². The maximum atomic E-state index is 12.6. The lowest BCUT2D eigenvalue weighted by Crippen LogP contribution is -2.36. The predicted octanol–water partition coefficient (Wildman–Crippen LogP) is 3.07. The summed E-state index contributed by atoms with van der Waals surface area (Å²) in [6.45, 7) is 1.65. The van der Waals surface area contributed by atoms with Gasteiger partial charge in [-0.25, -0.2) is 4.98 Å². The number of nitrogens with zero attached hydrogens (tertiary/aromatic N) is 1. The van der Waals surface area contributed by atoms with Crippen molar-refractivity contribution in [2.75, 3.05) is 20.1 Å². The standard InChI is InChI=1S/C18H23N3OS/c1-19-11-6-12-20-17(22)13-7-2-3-8-14(13)18-21-15-9-4-5-10-16(15)23-18/h2-5,9-10,13-14,19H,6-8,11-12H2,1H3,(H,20,22). The van der Waals surface area contributed by atoms with E-state index in [1.165, 1.54) is 4.70 Å². The van der Waals surface area contributed by atoms with Crippen molar-refractivity contribution < 1.29 is 4.79 Å². The van der Waals surface area contributed by atoms with Crippen LogP contribution in [0.4, 0.5) is 0 Å². The van der Waals surface area contributed by atoms with Gasteiger partial charge in [0, 0.05) is 12.5 Å². The van der Waals surface area contributed by atoms with Gasteiger partial charge >= 0.3 is 0 Å². The van der Waals surface area contributed by atoms with Crippen LogP contribution in [-0.4, -0.2) is 31.0 Å². The van der Waals surface area contributed by atoms with Crippen LogP contribution in [0.25, 0.3) is 10.2 Å². The summed E-state index contributed by atoms with van der Waals surface area (Å²) < 4.78 is 1.20. The zero-order valence-electron chi connectivity index (χ0n) is 13.4. The molecule has 0 spiro atoms. The van der Waals surface area contributed by atoms with E-state index in [1.54, 1.807) is 11.3 Å². The number of rotatable bonds is 6. The lowest BCUT2D eigenvalue weighted by molar-refractivity contribution is -0.125. The fourth-order valence-electron chi connectivity index (χ4n) is 3.03. The summed E-state index contributed by atoms with van der Waals surface area (Å²) in [4.78, 5) is 17.3. The molecule has 2 N–H and O–H groups in total. The van der Waals surface area contributed by atoms with Crippen molar-refractivity contribution in [2.45, 2.75) is 25.2 Å². The highest BCUT2D eigenvalue weighted by molar-refractivity contribution is 7.18. The molecule has 2 unspecified atom stereocenters. The van der Waals surface area contributed by atoms with E-state index in [0.717, 1.165) is 42.9 Å². The summed E-state index contributed by atoms with van der Waals surface area (Å²) in [5.74, 6) is 0.353. The maximum absolute atomic E-state index is 12.6. The van der Waals surface area contributed by atoms with E-state index in [9.17, 15) is 4.79 Å². The van der Waals surface area contributed by atoms with E-state index in [4.69, 9.17) is 4.98 Å². The summed E-state index contributed by atoms with van der Waals surface area (Å²) in [7, 11) is 1.93. The van der Waals surface area contributed by atoms with Gasteiger partial charge < -0.3 is 10.6 Å². The molecule has 122 valence electrons. The molecular formula is C18H23N3OS. The van der Waals surface area contributed by atoms with Gasteiger partial charge in [0.15, 0.2) is 0 Å². The second-order valence-corrected chi connectivity index (χ2v) is 6.99. The quantitative estimate of drug-likeness (QED) is 0.632. The summed E-state index contributed by atoms with van der Waals surface area (Å²) in [5.41, 5.74) is 1.04. The fraction of sp³-hybridized carbons (Fsp3) is 0.444. The van der Waals surface area contributed by atoms with E-state index in [1.807, 2.05) is 25.2 Å². The van der Waals surface area contributed by atoms with Gasteiger partial charge in [0.05, 0.1) is 21.1 Å². The molecule has 5 heteroatoms. The summed E-state index contributed by atoms with van der Waals surface area (Å²) in [6, 6.07) is 8.19. The Hall–Kier alpha value is -1.72. The molecule has 0 saturated carbocycles. The molecule has 0 aliphatic heterocycles. The Morgan fingerprint density at radius 2 is 2.09 bits per heavy atom. The largest absolute Gasteiger partial charge is 0.356 e. The maximum Gasteiger partial charge on any atom is 0.224 e. The van der Waals surface area contributed by atoms with Gasteiger partial charge in [-0.1, -0.05) is 24.3 Å². The Morgan fingerprint density at radius 3 is 2.91 bits per heavy atom. The molecular weight excluding hydrogens is 306 g/mol. The number of thiazole rings is 1. The van der Waals surface area contributed by atoms with Crippen molar-refractivity contribution in [1.29, 1.82) is 0 Å². The Kier molecular flexibility index (Phi) is 5.41. The first-order valence-electron chi connectivity index (χ1n) is 8.22. The fourth-order valence-corrected chi connectivity index (χ4v) is 4.18. The van der Waals surface area contributed by atoms with Gasteiger partial charge in [0.25, 0.3) is 0 Å². The second kappa shape index (κ2) is 7.70. The number of aromatic nitrogens is 1. The number of benzene rings is 1.